The number of carbonyl (C=O) groups excluding carboxylic acids is 2. The summed E-state index contributed by atoms with van der Waals surface area (Å²) >= 11 is 0. The molecule has 0 radical (unpaired) electrons. The van der Waals surface area contributed by atoms with Crippen LogP contribution in [0.25, 0.3) is 6.08 Å². The third-order valence-electron chi connectivity index (χ3n) is 4.32. The smallest absolute Gasteiger partial charge is 0.260 e. The molecule has 1 aromatic heterocycles. The first-order valence-corrected chi connectivity index (χ1v) is 8.98. The van der Waals surface area contributed by atoms with Crippen LogP contribution in [0.3, 0.4) is 0 Å². The number of amides is 1. The molecular weight excluding hydrogens is 376 g/mol. The van der Waals surface area contributed by atoms with E-state index in [4.69, 9.17) is 18.6 Å². The van der Waals surface area contributed by atoms with Crippen LogP contribution in [0.1, 0.15) is 16.1 Å². The number of furan rings is 1. The monoisotopic (exact) mass is 396 g/mol. The Hall–Kier alpha value is -3.57. The average molecular weight is 396 g/mol. The lowest BCUT2D eigenvalue weighted by molar-refractivity contribution is -0.137. The molecule has 0 aliphatic carbocycles. The van der Waals surface area contributed by atoms with E-state index < -0.39 is 5.78 Å². The molecule has 150 valence electrons. The molecule has 0 saturated carbocycles. The van der Waals surface area contributed by atoms with Gasteiger partial charge in [0.05, 0.1) is 26.6 Å². The van der Waals surface area contributed by atoms with E-state index in [0.29, 0.717) is 43.4 Å². The van der Waals surface area contributed by atoms with Crippen molar-refractivity contribution in [1.82, 2.24) is 4.90 Å². The first-order chi connectivity index (χ1) is 14.1. The Morgan fingerprint density at radius 1 is 1.24 bits per heavy atom. The maximum atomic E-state index is 12.3. The topological polar surface area (TPSA) is 102 Å². The standard InChI is InChI=1S/C21H20N2O6/c1-26-19-12-15(11-16(13-22)21(25)18-3-2-8-28-18)4-5-17(19)29-14-20(24)23-6-9-27-10-7-23/h2-5,8,11-12H,6-7,9-10,14H2,1H3/b16-11+. The van der Waals surface area contributed by atoms with E-state index in [0.717, 1.165) is 0 Å². The zero-order chi connectivity index (χ0) is 20.6. The average Bonchev–Trinajstić information content (AvgIpc) is 3.31. The minimum Gasteiger partial charge on any atom is -0.493 e. The van der Waals surface area contributed by atoms with Crippen LogP contribution < -0.4 is 9.47 Å². The Kier molecular flexibility index (Phi) is 6.66. The van der Waals surface area contributed by atoms with Crippen molar-refractivity contribution < 1.29 is 28.2 Å². The number of hydrogen-bond acceptors (Lipinski definition) is 7. The Labute approximate surface area is 167 Å². The molecule has 0 bridgehead atoms. The number of ketones is 1. The van der Waals surface area contributed by atoms with Gasteiger partial charge in [0.1, 0.15) is 11.6 Å². The number of allylic oxidation sites excluding steroid dienone is 1. The third-order valence-corrected chi connectivity index (χ3v) is 4.32. The second-order valence-electron chi connectivity index (χ2n) is 6.17. The first kappa shape index (κ1) is 20.2. The number of methoxy groups -OCH3 is 1. The predicted octanol–water partition coefficient (Wildman–Crippen LogP) is 2.32. The third kappa shape index (κ3) is 5.03. The minimum atomic E-state index is -0.507. The molecule has 3 rings (SSSR count). The fourth-order valence-electron chi connectivity index (χ4n) is 2.79. The van der Waals surface area contributed by atoms with Gasteiger partial charge < -0.3 is 23.5 Å². The molecule has 0 atom stereocenters. The number of rotatable bonds is 7. The number of benzene rings is 1. The number of morpholine rings is 1. The van der Waals surface area contributed by atoms with E-state index in [9.17, 15) is 14.9 Å². The van der Waals surface area contributed by atoms with Crippen LogP contribution in [-0.2, 0) is 9.53 Å². The van der Waals surface area contributed by atoms with Gasteiger partial charge in [0, 0.05) is 13.1 Å². The van der Waals surface area contributed by atoms with Gasteiger partial charge in [-0.15, -0.1) is 0 Å². The molecule has 1 saturated heterocycles. The van der Waals surface area contributed by atoms with E-state index in [-0.39, 0.29) is 23.8 Å². The minimum absolute atomic E-state index is 0.0711. The van der Waals surface area contributed by atoms with Gasteiger partial charge in [0.25, 0.3) is 5.91 Å². The van der Waals surface area contributed by atoms with Crippen molar-refractivity contribution in [3.63, 3.8) is 0 Å². The van der Waals surface area contributed by atoms with Crippen molar-refractivity contribution in [2.75, 3.05) is 40.0 Å². The Morgan fingerprint density at radius 3 is 2.69 bits per heavy atom. The molecule has 1 fully saturated rings. The van der Waals surface area contributed by atoms with Crippen molar-refractivity contribution in [2.24, 2.45) is 0 Å². The fraction of sp³-hybridized carbons (Fsp3) is 0.286. The molecule has 2 heterocycles. The lowest BCUT2D eigenvalue weighted by Crippen LogP contribution is -2.43. The lowest BCUT2D eigenvalue weighted by Gasteiger charge is -2.26. The quantitative estimate of drug-likeness (QED) is 0.402. The summed E-state index contributed by atoms with van der Waals surface area (Å²) in [4.78, 5) is 26.2. The number of Topliss-reactive ketones (excluding diaryl/α,β-unsaturated/α-hetero) is 1. The van der Waals surface area contributed by atoms with Crippen LogP contribution in [0.2, 0.25) is 0 Å². The van der Waals surface area contributed by atoms with E-state index >= 15 is 0 Å². The summed E-state index contributed by atoms with van der Waals surface area (Å²) in [6, 6.07) is 9.89. The summed E-state index contributed by atoms with van der Waals surface area (Å²) in [7, 11) is 1.47. The summed E-state index contributed by atoms with van der Waals surface area (Å²) in [5.41, 5.74) is 0.503. The molecular formula is C21H20N2O6. The van der Waals surface area contributed by atoms with Gasteiger partial charge in [0.2, 0.25) is 5.78 Å². The van der Waals surface area contributed by atoms with Gasteiger partial charge in [-0.25, -0.2) is 0 Å². The Morgan fingerprint density at radius 2 is 2.03 bits per heavy atom. The molecule has 2 aromatic rings. The molecule has 1 aliphatic heterocycles. The van der Waals surface area contributed by atoms with Gasteiger partial charge >= 0.3 is 0 Å². The molecule has 1 aromatic carbocycles. The van der Waals surface area contributed by atoms with Crippen LogP contribution in [0.5, 0.6) is 11.5 Å². The van der Waals surface area contributed by atoms with Crippen LogP contribution >= 0.6 is 0 Å². The second kappa shape index (κ2) is 9.57. The van der Waals surface area contributed by atoms with Crippen LogP contribution in [0, 0.1) is 11.3 Å². The van der Waals surface area contributed by atoms with Crippen LogP contribution in [0.15, 0.2) is 46.6 Å². The van der Waals surface area contributed by atoms with Gasteiger partial charge in [-0.2, -0.15) is 5.26 Å². The maximum Gasteiger partial charge on any atom is 0.260 e. The molecule has 0 unspecified atom stereocenters. The normalized spacial score (nSPS) is 14.2. The molecule has 8 heteroatoms. The lowest BCUT2D eigenvalue weighted by atomic mass is 10.1. The summed E-state index contributed by atoms with van der Waals surface area (Å²) < 4.78 is 21.2. The summed E-state index contributed by atoms with van der Waals surface area (Å²) in [5, 5.41) is 9.32. The maximum absolute atomic E-state index is 12.3. The first-order valence-electron chi connectivity index (χ1n) is 8.98. The second-order valence-corrected chi connectivity index (χ2v) is 6.17. The number of ether oxygens (including phenoxy) is 3. The molecule has 0 spiro atoms. The highest BCUT2D eigenvalue weighted by atomic mass is 16.5. The number of hydrogen-bond donors (Lipinski definition) is 0. The van der Waals surface area contributed by atoms with E-state index in [1.165, 1.54) is 25.5 Å². The highest BCUT2D eigenvalue weighted by Crippen LogP contribution is 2.29. The predicted molar refractivity (Wildman–Crippen MR) is 103 cm³/mol. The zero-order valence-corrected chi connectivity index (χ0v) is 15.9. The van der Waals surface area contributed by atoms with Crippen molar-refractivity contribution in [2.45, 2.75) is 0 Å². The van der Waals surface area contributed by atoms with Crippen LogP contribution in [0.4, 0.5) is 0 Å². The Bertz CT molecular complexity index is 937. The van der Waals surface area contributed by atoms with Crippen molar-refractivity contribution >= 4 is 17.8 Å². The molecule has 8 nitrogen and oxygen atoms in total. The zero-order valence-electron chi connectivity index (χ0n) is 15.9. The summed E-state index contributed by atoms with van der Waals surface area (Å²) in [6.07, 6.45) is 2.81. The highest BCUT2D eigenvalue weighted by Gasteiger charge is 2.18. The fourth-order valence-corrected chi connectivity index (χ4v) is 2.79. The largest absolute Gasteiger partial charge is 0.493 e. The van der Waals surface area contributed by atoms with E-state index in [1.807, 2.05) is 6.07 Å². The summed E-state index contributed by atoms with van der Waals surface area (Å²) in [5.74, 6) is 0.229. The molecule has 1 aliphatic rings. The molecule has 29 heavy (non-hydrogen) atoms. The SMILES string of the molecule is COc1cc(/C=C(\C#N)C(=O)c2ccco2)ccc1OCC(=O)N1CCOCC1. The molecule has 0 N–H and O–H groups in total. The van der Waals surface area contributed by atoms with E-state index in [1.54, 1.807) is 29.2 Å². The van der Waals surface area contributed by atoms with Gasteiger partial charge in [0.15, 0.2) is 23.9 Å². The van der Waals surface area contributed by atoms with Gasteiger partial charge in [-0.1, -0.05) is 6.07 Å². The number of carbonyl (C=O) groups is 2. The van der Waals surface area contributed by atoms with Gasteiger partial charge in [-0.3, -0.25) is 9.59 Å². The van der Waals surface area contributed by atoms with E-state index in [2.05, 4.69) is 0 Å². The number of nitriles is 1. The van der Waals surface area contributed by atoms with Crippen molar-refractivity contribution in [3.8, 4) is 17.6 Å². The van der Waals surface area contributed by atoms with Crippen LogP contribution in [-0.4, -0.2) is 56.6 Å². The Balaban J connectivity index is 1.71. The summed E-state index contributed by atoms with van der Waals surface area (Å²) in [6.45, 7) is 2.02. The molecule has 1 amide bonds. The number of nitrogens with zero attached hydrogens (tertiary/aromatic N) is 2. The highest BCUT2D eigenvalue weighted by molar-refractivity contribution is 6.12. The van der Waals surface area contributed by atoms with Crippen molar-refractivity contribution in [3.05, 3.63) is 53.5 Å². The van der Waals surface area contributed by atoms with Gasteiger partial charge in [-0.05, 0) is 35.9 Å². The van der Waals surface area contributed by atoms with Crippen molar-refractivity contribution in [1.29, 1.82) is 5.26 Å².